The standard InChI is InChI=1S/C18H17NO5/c1-23-15-5-2-12(3-6-15)9-19-10-14-8-13(18(21)22)4-7-16(14)24-11-17(19)20/h2-8H,9-11H2,1H3,(H,21,22). The number of hydrogen-bond acceptors (Lipinski definition) is 4. The van der Waals surface area contributed by atoms with E-state index < -0.39 is 5.97 Å². The summed E-state index contributed by atoms with van der Waals surface area (Å²) in [5.74, 6) is 0.153. The molecule has 0 atom stereocenters. The fourth-order valence-electron chi connectivity index (χ4n) is 2.60. The highest BCUT2D eigenvalue weighted by Crippen LogP contribution is 2.26. The topological polar surface area (TPSA) is 76.1 Å². The summed E-state index contributed by atoms with van der Waals surface area (Å²) < 4.78 is 10.6. The van der Waals surface area contributed by atoms with E-state index in [1.807, 2.05) is 24.3 Å². The van der Waals surface area contributed by atoms with Gasteiger partial charge in [0.1, 0.15) is 11.5 Å². The smallest absolute Gasteiger partial charge is 0.335 e. The third-order valence-electron chi connectivity index (χ3n) is 3.90. The zero-order chi connectivity index (χ0) is 17.1. The Balaban J connectivity index is 1.83. The van der Waals surface area contributed by atoms with Crippen molar-refractivity contribution in [2.75, 3.05) is 13.7 Å². The van der Waals surface area contributed by atoms with Crippen molar-refractivity contribution in [3.63, 3.8) is 0 Å². The van der Waals surface area contributed by atoms with Gasteiger partial charge in [0.05, 0.1) is 12.7 Å². The van der Waals surface area contributed by atoms with Crippen LogP contribution in [-0.2, 0) is 17.9 Å². The number of ether oxygens (including phenoxy) is 2. The highest BCUT2D eigenvalue weighted by molar-refractivity contribution is 5.88. The molecule has 1 aliphatic heterocycles. The van der Waals surface area contributed by atoms with Crippen LogP contribution in [-0.4, -0.2) is 35.6 Å². The lowest BCUT2D eigenvalue weighted by Crippen LogP contribution is -2.31. The second kappa shape index (κ2) is 6.62. The number of amides is 1. The lowest BCUT2D eigenvalue weighted by Gasteiger charge is -2.20. The van der Waals surface area contributed by atoms with Crippen LogP contribution in [0.2, 0.25) is 0 Å². The maximum Gasteiger partial charge on any atom is 0.335 e. The Morgan fingerprint density at radius 3 is 2.67 bits per heavy atom. The summed E-state index contributed by atoms with van der Waals surface area (Å²) in [6.07, 6.45) is 0. The Kier molecular flexibility index (Phi) is 4.37. The number of nitrogens with zero attached hydrogens (tertiary/aromatic N) is 1. The quantitative estimate of drug-likeness (QED) is 0.932. The summed E-state index contributed by atoms with van der Waals surface area (Å²) in [5.41, 5.74) is 1.83. The number of carboxylic acid groups (broad SMARTS) is 1. The Morgan fingerprint density at radius 1 is 1.25 bits per heavy atom. The third-order valence-corrected chi connectivity index (χ3v) is 3.90. The van der Waals surface area contributed by atoms with E-state index in [4.69, 9.17) is 14.6 Å². The third kappa shape index (κ3) is 3.32. The molecule has 0 radical (unpaired) electrons. The van der Waals surface area contributed by atoms with Gasteiger partial charge < -0.3 is 19.5 Å². The van der Waals surface area contributed by atoms with E-state index in [0.29, 0.717) is 24.4 Å². The summed E-state index contributed by atoms with van der Waals surface area (Å²) in [6.45, 7) is 0.666. The van der Waals surface area contributed by atoms with Crippen LogP contribution in [0.3, 0.4) is 0 Å². The summed E-state index contributed by atoms with van der Waals surface area (Å²) in [6, 6.07) is 12.1. The fraction of sp³-hybridized carbons (Fsp3) is 0.222. The minimum atomic E-state index is -1.00. The number of methoxy groups -OCH3 is 1. The molecule has 1 heterocycles. The SMILES string of the molecule is COc1ccc(CN2Cc3cc(C(=O)O)ccc3OCC2=O)cc1. The van der Waals surface area contributed by atoms with Gasteiger partial charge in [0.15, 0.2) is 6.61 Å². The molecule has 2 aromatic rings. The van der Waals surface area contributed by atoms with Crippen molar-refractivity contribution in [2.24, 2.45) is 0 Å². The van der Waals surface area contributed by atoms with Gasteiger partial charge in [0.2, 0.25) is 0 Å². The number of carbonyl (C=O) groups is 2. The lowest BCUT2D eigenvalue weighted by molar-refractivity contribution is -0.133. The normalized spacial score (nSPS) is 13.7. The molecule has 0 saturated heterocycles. The van der Waals surface area contributed by atoms with Crippen molar-refractivity contribution >= 4 is 11.9 Å². The average Bonchev–Trinajstić information content (AvgIpc) is 2.74. The molecule has 1 aliphatic rings. The minimum Gasteiger partial charge on any atom is -0.497 e. The van der Waals surface area contributed by atoms with E-state index in [9.17, 15) is 9.59 Å². The molecule has 6 heteroatoms. The van der Waals surface area contributed by atoms with Crippen LogP contribution in [0.4, 0.5) is 0 Å². The Bertz CT molecular complexity index is 769. The Labute approximate surface area is 139 Å². The molecule has 0 aromatic heterocycles. The van der Waals surface area contributed by atoms with Gasteiger partial charge in [0.25, 0.3) is 5.91 Å². The first-order chi connectivity index (χ1) is 11.6. The van der Waals surface area contributed by atoms with Crippen molar-refractivity contribution in [2.45, 2.75) is 13.1 Å². The number of benzene rings is 2. The Morgan fingerprint density at radius 2 is 2.00 bits per heavy atom. The molecule has 1 N–H and O–H groups in total. The molecule has 0 unspecified atom stereocenters. The average molecular weight is 327 g/mol. The van der Waals surface area contributed by atoms with E-state index >= 15 is 0 Å². The first kappa shape index (κ1) is 15.9. The predicted octanol–water partition coefficient (Wildman–Crippen LogP) is 2.31. The molecular formula is C18H17NO5. The van der Waals surface area contributed by atoms with E-state index in [-0.39, 0.29) is 18.1 Å². The fourth-order valence-corrected chi connectivity index (χ4v) is 2.60. The molecule has 2 aromatic carbocycles. The van der Waals surface area contributed by atoms with Crippen LogP contribution in [0.5, 0.6) is 11.5 Å². The minimum absolute atomic E-state index is 0.0599. The van der Waals surface area contributed by atoms with Crippen LogP contribution in [0.15, 0.2) is 42.5 Å². The molecule has 0 fully saturated rings. The molecule has 6 nitrogen and oxygen atoms in total. The van der Waals surface area contributed by atoms with Crippen LogP contribution < -0.4 is 9.47 Å². The molecule has 24 heavy (non-hydrogen) atoms. The van der Waals surface area contributed by atoms with E-state index in [1.165, 1.54) is 6.07 Å². The molecule has 3 rings (SSSR count). The van der Waals surface area contributed by atoms with Gasteiger partial charge in [-0.3, -0.25) is 4.79 Å². The zero-order valence-corrected chi connectivity index (χ0v) is 13.2. The van der Waals surface area contributed by atoms with E-state index in [0.717, 1.165) is 11.3 Å². The molecule has 0 saturated carbocycles. The second-order valence-electron chi connectivity index (χ2n) is 5.51. The van der Waals surface area contributed by atoms with Gasteiger partial charge in [-0.2, -0.15) is 0 Å². The summed E-state index contributed by atoms with van der Waals surface area (Å²) in [7, 11) is 1.60. The van der Waals surface area contributed by atoms with Crippen molar-refractivity contribution < 1.29 is 24.2 Å². The van der Waals surface area contributed by atoms with Crippen LogP contribution in [0, 0.1) is 0 Å². The predicted molar refractivity (Wildman–Crippen MR) is 86.1 cm³/mol. The molecule has 0 spiro atoms. The largest absolute Gasteiger partial charge is 0.497 e. The number of rotatable bonds is 4. The maximum absolute atomic E-state index is 12.3. The van der Waals surface area contributed by atoms with Gasteiger partial charge in [-0.05, 0) is 35.9 Å². The highest BCUT2D eigenvalue weighted by Gasteiger charge is 2.22. The monoisotopic (exact) mass is 327 g/mol. The van der Waals surface area contributed by atoms with Gasteiger partial charge in [-0.15, -0.1) is 0 Å². The van der Waals surface area contributed by atoms with Gasteiger partial charge in [0, 0.05) is 18.7 Å². The van der Waals surface area contributed by atoms with Crippen molar-refractivity contribution in [3.8, 4) is 11.5 Å². The zero-order valence-electron chi connectivity index (χ0n) is 13.2. The number of fused-ring (bicyclic) bond motifs is 1. The maximum atomic E-state index is 12.3. The number of carbonyl (C=O) groups excluding carboxylic acids is 1. The molecule has 1 amide bonds. The first-order valence-electron chi connectivity index (χ1n) is 7.46. The molecule has 124 valence electrons. The summed E-state index contributed by atoms with van der Waals surface area (Å²) in [4.78, 5) is 25.1. The van der Waals surface area contributed by atoms with Crippen LogP contribution in [0.25, 0.3) is 0 Å². The molecule has 0 bridgehead atoms. The number of aromatic carboxylic acids is 1. The van der Waals surface area contributed by atoms with Gasteiger partial charge in [-0.1, -0.05) is 12.1 Å². The van der Waals surface area contributed by atoms with Crippen molar-refractivity contribution in [3.05, 3.63) is 59.2 Å². The Hall–Kier alpha value is -3.02. The van der Waals surface area contributed by atoms with Crippen molar-refractivity contribution in [1.29, 1.82) is 0 Å². The van der Waals surface area contributed by atoms with E-state index in [1.54, 1.807) is 24.1 Å². The highest BCUT2D eigenvalue weighted by atomic mass is 16.5. The van der Waals surface area contributed by atoms with Gasteiger partial charge >= 0.3 is 5.97 Å². The molecule has 0 aliphatic carbocycles. The summed E-state index contributed by atoms with van der Waals surface area (Å²) >= 11 is 0. The lowest BCUT2D eigenvalue weighted by atomic mass is 10.1. The van der Waals surface area contributed by atoms with Crippen LogP contribution in [0.1, 0.15) is 21.5 Å². The van der Waals surface area contributed by atoms with Gasteiger partial charge in [-0.25, -0.2) is 4.79 Å². The molecular weight excluding hydrogens is 310 g/mol. The van der Waals surface area contributed by atoms with Crippen molar-refractivity contribution in [1.82, 2.24) is 4.90 Å². The van der Waals surface area contributed by atoms with E-state index in [2.05, 4.69) is 0 Å². The number of carboxylic acids is 1. The number of hydrogen-bond donors (Lipinski definition) is 1. The second-order valence-corrected chi connectivity index (χ2v) is 5.51. The van der Waals surface area contributed by atoms with Crippen LogP contribution >= 0.6 is 0 Å². The summed E-state index contributed by atoms with van der Waals surface area (Å²) in [5, 5.41) is 9.13. The first-order valence-corrected chi connectivity index (χ1v) is 7.46.